The van der Waals surface area contributed by atoms with E-state index in [0.717, 1.165) is 50.0 Å². The van der Waals surface area contributed by atoms with Crippen molar-refractivity contribution >= 4 is 11.6 Å². The van der Waals surface area contributed by atoms with Gasteiger partial charge in [-0.25, -0.2) is 0 Å². The summed E-state index contributed by atoms with van der Waals surface area (Å²) in [6, 6.07) is 13.1. The van der Waals surface area contributed by atoms with Crippen LogP contribution in [0.2, 0.25) is 0 Å². The van der Waals surface area contributed by atoms with Gasteiger partial charge in [0.25, 0.3) is 5.91 Å². The van der Waals surface area contributed by atoms with Crippen molar-refractivity contribution in [3.8, 4) is 0 Å². The zero-order valence-corrected chi connectivity index (χ0v) is 15.5. The van der Waals surface area contributed by atoms with Crippen LogP contribution in [0.3, 0.4) is 0 Å². The number of nitrogens with zero attached hydrogens (tertiary/aromatic N) is 1. The van der Waals surface area contributed by atoms with Gasteiger partial charge in [0, 0.05) is 25.3 Å². The summed E-state index contributed by atoms with van der Waals surface area (Å²) >= 11 is 0. The Hall–Kier alpha value is -2.54. The lowest BCUT2D eigenvalue weighted by molar-refractivity contribution is -0.137. The quantitative estimate of drug-likeness (QED) is 0.758. The standard InChI is InChI=1S/C21H23F3N2O2/c22-21(23,24)19-6-2-1-5-18(19)20(27)25-11-3-4-16-7-9-17(10-8-16)26-12-14-28-15-13-26/h1-2,5-10H,3-4,11-15H2,(H,25,27). The lowest BCUT2D eigenvalue weighted by Gasteiger charge is -2.28. The molecule has 0 saturated carbocycles. The zero-order valence-electron chi connectivity index (χ0n) is 15.5. The van der Waals surface area contributed by atoms with Gasteiger partial charge in [0.05, 0.1) is 24.3 Å². The van der Waals surface area contributed by atoms with Gasteiger partial charge in [0.15, 0.2) is 0 Å². The van der Waals surface area contributed by atoms with E-state index in [1.807, 2.05) is 12.1 Å². The van der Waals surface area contributed by atoms with Gasteiger partial charge in [-0.15, -0.1) is 0 Å². The predicted molar refractivity (Wildman–Crippen MR) is 102 cm³/mol. The number of hydrogen-bond donors (Lipinski definition) is 1. The molecule has 1 N–H and O–H groups in total. The zero-order chi connectivity index (χ0) is 20.0. The van der Waals surface area contributed by atoms with Crippen LogP contribution in [0.4, 0.5) is 18.9 Å². The molecule has 1 aliphatic rings. The minimum Gasteiger partial charge on any atom is -0.378 e. The molecule has 3 rings (SSSR count). The summed E-state index contributed by atoms with van der Waals surface area (Å²) in [6.45, 7) is 3.55. The Balaban J connectivity index is 1.48. The lowest BCUT2D eigenvalue weighted by Crippen LogP contribution is -2.36. The monoisotopic (exact) mass is 392 g/mol. The van der Waals surface area contributed by atoms with Crippen LogP contribution in [0.1, 0.15) is 27.9 Å². The molecule has 0 unspecified atom stereocenters. The van der Waals surface area contributed by atoms with E-state index in [4.69, 9.17) is 4.74 Å². The summed E-state index contributed by atoms with van der Waals surface area (Å²) < 4.78 is 44.3. The van der Waals surface area contributed by atoms with E-state index in [2.05, 4.69) is 22.3 Å². The van der Waals surface area contributed by atoms with Crippen molar-refractivity contribution in [3.05, 3.63) is 65.2 Å². The van der Waals surface area contributed by atoms with Crippen LogP contribution in [0.15, 0.2) is 48.5 Å². The molecule has 0 bridgehead atoms. The van der Waals surface area contributed by atoms with Crippen molar-refractivity contribution in [3.63, 3.8) is 0 Å². The van der Waals surface area contributed by atoms with E-state index in [9.17, 15) is 18.0 Å². The number of anilines is 1. The van der Waals surface area contributed by atoms with Gasteiger partial charge in [-0.2, -0.15) is 13.2 Å². The number of hydrogen-bond acceptors (Lipinski definition) is 3. The van der Waals surface area contributed by atoms with Crippen LogP contribution in [-0.4, -0.2) is 38.8 Å². The number of amides is 1. The molecule has 0 aromatic heterocycles. The highest BCUT2D eigenvalue weighted by molar-refractivity contribution is 5.95. The fraction of sp³-hybridized carbons (Fsp3) is 0.381. The second kappa shape index (κ2) is 9.10. The molecule has 150 valence electrons. The number of nitrogens with one attached hydrogen (secondary N) is 1. The molecule has 1 aliphatic heterocycles. The maximum Gasteiger partial charge on any atom is 0.417 e. The SMILES string of the molecule is O=C(NCCCc1ccc(N2CCOCC2)cc1)c1ccccc1C(F)(F)F. The third-order valence-electron chi connectivity index (χ3n) is 4.72. The third-order valence-corrected chi connectivity index (χ3v) is 4.72. The van der Waals surface area contributed by atoms with Crippen LogP contribution in [0, 0.1) is 0 Å². The number of morpholine rings is 1. The molecular weight excluding hydrogens is 369 g/mol. The van der Waals surface area contributed by atoms with E-state index >= 15 is 0 Å². The molecule has 2 aromatic rings. The van der Waals surface area contributed by atoms with Crippen LogP contribution >= 0.6 is 0 Å². The molecule has 0 atom stereocenters. The smallest absolute Gasteiger partial charge is 0.378 e. The summed E-state index contributed by atoms with van der Waals surface area (Å²) in [6.07, 6.45) is -3.16. The van der Waals surface area contributed by atoms with Crippen molar-refractivity contribution in [1.82, 2.24) is 5.32 Å². The number of alkyl halides is 3. The molecule has 7 heteroatoms. The average molecular weight is 392 g/mol. The number of carbonyl (C=O) groups excluding carboxylic acids is 1. The summed E-state index contributed by atoms with van der Waals surface area (Å²) in [7, 11) is 0. The van der Waals surface area contributed by atoms with Crippen molar-refractivity contribution in [2.45, 2.75) is 19.0 Å². The Morgan fingerprint density at radius 2 is 1.71 bits per heavy atom. The van der Waals surface area contributed by atoms with Gasteiger partial charge in [0.1, 0.15) is 0 Å². The highest BCUT2D eigenvalue weighted by Gasteiger charge is 2.34. The Morgan fingerprint density at radius 1 is 1.04 bits per heavy atom. The molecule has 0 radical (unpaired) electrons. The number of aryl methyl sites for hydroxylation is 1. The van der Waals surface area contributed by atoms with Gasteiger partial charge < -0.3 is 15.0 Å². The second-order valence-corrected chi connectivity index (χ2v) is 6.67. The molecule has 1 fully saturated rings. The number of benzene rings is 2. The molecule has 1 heterocycles. The molecular formula is C21H23F3N2O2. The first-order valence-corrected chi connectivity index (χ1v) is 9.31. The number of carbonyl (C=O) groups is 1. The summed E-state index contributed by atoms with van der Waals surface area (Å²) in [5, 5.41) is 2.58. The first kappa shape index (κ1) is 20.2. The van der Waals surface area contributed by atoms with E-state index in [1.54, 1.807) is 0 Å². The van der Waals surface area contributed by atoms with Gasteiger partial charge in [-0.05, 0) is 42.7 Å². The minimum absolute atomic E-state index is 0.316. The average Bonchev–Trinajstić information content (AvgIpc) is 2.71. The Kier molecular flexibility index (Phi) is 6.57. The summed E-state index contributed by atoms with van der Waals surface area (Å²) in [5.41, 5.74) is 1.03. The molecule has 2 aromatic carbocycles. The molecule has 4 nitrogen and oxygen atoms in total. The van der Waals surface area contributed by atoms with Crippen LogP contribution in [-0.2, 0) is 17.3 Å². The molecule has 1 amide bonds. The molecule has 0 aliphatic carbocycles. The van der Waals surface area contributed by atoms with E-state index in [-0.39, 0.29) is 5.56 Å². The highest BCUT2D eigenvalue weighted by atomic mass is 19.4. The van der Waals surface area contributed by atoms with Crippen LogP contribution in [0.25, 0.3) is 0 Å². The van der Waals surface area contributed by atoms with Gasteiger partial charge in [-0.3, -0.25) is 4.79 Å². The molecule has 0 spiro atoms. The van der Waals surface area contributed by atoms with E-state index in [0.29, 0.717) is 13.0 Å². The van der Waals surface area contributed by atoms with Crippen molar-refractivity contribution < 1.29 is 22.7 Å². The van der Waals surface area contributed by atoms with Gasteiger partial charge in [0.2, 0.25) is 0 Å². The van der Waals surface area contributed by atoms with Gasteiger partial charge in [-0.1, -0.05) is 24.3 Å². The normalized spacial score (nSPS) is 14.8. The number of rotatable bonds is 6. The van der Waals surface area contributed by atoms with Gasteiger partial charge >= 0.3 is 6.18 Å². The third kappa shape index (κ3) is 5.25. The second-order valence-electron chi connectivity index (χ2n) is 6.67. The topological polar surface area (TPSA) is 41.6 Å². The van der Waals surface area contributed by atoms with Crippen molar-refractivity contribution in [2.24, 2.45) is 0 Å². The largest absolute Gasteiger partial charge is 0.417 e. The van der Waals surface area contributed by atoms with E-state index < -0.39 is 17.6 Å². The predicted octanol–water partition coefficient (Wildman–Crippen LogP) is 3.90. The number of ether oxygens (including phenoxy) is 1. The van der Waals surface area contributed by atoms with Crippen molar-refractivity contribution in [1.29, 1.82) is 0 Å². The fourth-order valence-corrected chi connectivity index (χ4v) is 3.21. The minimum atomic E-state index is -4.55. The number of halogens is 3. The first-order valence-electron chi connectivity index (χ1n) is 9.31. The molecule has 28 heavy (non-hydrogen) atoms. The van der Waals surface area contributed by atoms with Crippen LogP contribution in [0.5, 0.6) is 0 Å². The fourth-order valence-electron chi connectivity index (χ4n) is 3.21. The Bertz CT molecular complexity index is 785. The first-order chi connectivity index (χ1) is 13.4. The Morgan fingerprint density at radius 3 is 2.39 bits per heavy atom. The maximum absolute atomic E-state index is 13.0. The van der Waals surface area contributed by atoms with E-state index in [1.165, 1.54) is 18.2 Å². The molecule has 1 saturated heterocycles. The summed E-state index contributed by atoms with van der Waals surface area (Å²) in [5.74, 6) is -0.699. The summed E-state index contributed by atoms with van der Waals surface area (Å²) in [4.78, 5) is 14.4. The van der Waals surface area contributed by atoms with Crippen LogP contribution < -0.4 is 10.2 Å². The lowest BCUT2D eigenvalue weighted by atomic mass is 10.1. The Labute approximate surface area is 162 Å². The van der Waals surface area contributed by atoms with Crippen molar-refractivity contribution in [2.75, 3.05) is 37.7 Å². The highest BCUT2D eigenvalue weighted by Crippen LogP contribution is 2.31. The maximum atomic E-state index is 13.0.